The zero-order chi connectivity index (χ0) is 27.1. The molecule has 8 nitrogen and oxygen atoms in total. The predicted octanol–water partition coefficient (Wildman–Crippen LogP) is 5.57. The number of para-hydroxylation sites is 1. The maximum atomic E-state index is 13.5. The molecule has 0 unspecified atom stereocenters. The second-order valence-corrected chi connectivity index (χ2v) is 9.94. The summed E-state index contributed by atoms with van der Waals surface area (Å²) in [6, 6.07) is 19.9. The molecule has 38 heavy (non-hydrogen) atoms. The van der Waals surface area contributed by atoms with Crippen molar-refractivity contribution in [2.45, 2.75) is 18.1 Å². The van der Waals surface area contributed by atoms with Crippen LogP contribution in [0.2, 0.25) is 5.02 Å². The first-order valence-electron chi connectivity index (χ1n) is 11.9. The van der Waals surface area contributed by atoms with Gasteiger partial charge in [0.15, 0.2) is 16.7 Å². The van der Waals surface area contributed by atoms with Crippen molar-refractivity contribution in [1.82, 2.24) is 4.90 Å². The molecular weight excluding hydrogens is 526 g/mol. The summed E-state index contributed by atoms with van der Waals surface area (Å²) in [7, 11) is 4.77. The van der Waals surface area contributed by atoms with E-state index in [0.29, 0.717) is 51.8 Å². The molecule has 1 aliphatic rings. The highest BCUT2D eigenvalue weighted by molar-refractivity contribution is 8.15. The summed E-state index contributed by atoms with van der Waals surface area (Å²) in [6.07, 6.45) is 0.552. The molecule has 3 aromatic carbocycles. The first-order chi connectivity index (χ1) is 18.4. The predicted molar refractivity (Wildman–Crippen MR) is 151 cm³/mol. The summed E-state index contributed by atoms with van der Waals surface area (Å²) in [5, 5.41) is 3.16. The summed E-state index contributed by atoms with van der Waals surface area (Å²) in [4.78, 5) is 32.6. The molecule has 4 rings (SSSR count). The molecule has 0 aliphatic carbocycles. The van der Waals surface area contributed by atoms with Crippen LogP contribution in [0.5, 0.6) is 17.2 Å². The van der Waals surface area contributed by atoms with Crippen molar-refractivity contribution in [3.63, 3.8) is 0 Å². The molecule has 3 aromatic rings. The smallest absolute Gasteiger partial charge is 0.242 e. The molecule has 0 radical (unpaired) electrons. The second-order valence-electron chi connectivity index (χ2n) is 8.36. The van der Waals surface area contributed by atoms with Gasteiger partial charge in [-0.2, -0.15) is 0 Å². The Labute approximate surface area is 230 Å². The van der Waals surface area contributed by atoms with Gasteiger partial charge in [-0.15, -0.1) is 0 Å². The number of hydrogen-bond acceptors (Lipinski definition) is 7. The number of aliphatic imine (C=N–C) groups is 1. The summed E-state index contributed by atoms with van der Waals surface area (Å²) in [5.41, 5.74) is 2.16. The second kappa shape index (κ2) is 12.7. The number of carbonyl (C=O) groups excluding carboxylic acids is 2. The number of nitrogens with one attached hydrogen (secondary N) is 1. The van der Waals surface area contributed by atoms with Gasteiger partial charge < -0.3 is 19.5 Å². The minimum Gasteiger partial charge on any atom is -0.497 e. The molecule has 198 valence electrons. The summed E-state index contributed by atoms with van der Waals surface area (Å²) in [6.45, 7) is 0.388. The van der Waals surface area contributed by atoms with Crippen LogP contribution < -0.4 is 19.5 Å². The molecule has 10 heteroatoms. The number of nitrogens with zero attached hydrogens (tertiary/aromatic N) is 2. The number of thioether (sulfide) groups is 1. The third kappa shape index (κ3) is 6.59. The van der Waals surface area contributed by atoms with Gasteiger partial charge in [0.1, 0.15) is 11.0 Å². The Morgan fingerprint density at radius 1 is 1.00 bits per heavy atom. The van der Waals surface area contributed by atoms with Gasteiger partial charge in [0, 0.05) is 13.0 Å². The van der Waals surface area contributed by atoms with Crippen LogP contribution in [0.4, 0.5) is 11.4 Å². The first-order valence-corrected chi connectivity index (χ1v) is 13.1. The molecule has 1 atom stereocenters. The van der Waals surface area contributed by atoms with Gasteiger partial charge in [0.25, 0.3) is 0 Å². The standard InChI is InChI=1S/C28H28ClN3O5S/c1-35-20-11-9-19(10-12-20)30-28-32(15-14-18-8-13-23(36-2)24(16-18)37-3)27(34)25(38-28)17-26(33)31-22-7-5-4-6-21(22)29/h4-13,16,25H,14-15,17H2,1-3H3,(H,31,33)/t25-/m1/s1. The Morgan fingerprint density at radius 2 is 1.74 bits per heavy atom. The molecule has 0 saturated carbocycles. The third-order valence-corrected chi connectivity index (χ3v) is 7.41. The van der Waals surface area contributed by atoms with E-state index in [1.807, 2.05) is 42.5 Å². The zero-order valence-corrected chi connectivity index (χ0v) is 22.8. The number of amides is 2. The number of amidine groups is 1. The molecule has 1 heterocycles. The molecule has 0 aromatic heterocycles. The quantitative estimate of drug-likeness (QED) is 0.353. The maximum absolute atomic E-state index is 13.5. The average molecular weight is 554 g/mol. The molecular formula is C28H28ClN3O5S. The van der Waals surface area contributed by atoms with Crippen LogP contribution in [0, 0.1) is 0 Å². The lowest BCUT2D eigenvalue weighted by Gasteiger charge is -2.17. The number of rotatable bonds is 10. The molecule has 1 fully saturated rings. The van der Waals surface area contributed by atoms with Crippen molar-refractivity contribution in [1.29, 1.82) is 0 Å². The van der Waals surface area contributed by atoms with Crippen molar-refractivity contribution in [2.24, 2.45) is 4.99 Å². The number of halogens is 1. The molecule has 1 N–H and O–H groups in total. The number of hydrogen-bond donors (Lipinski definition) is 1. The fourth-order valence-electron chi connectivity index (χ4n) is 3.91. The highest BCUT2D eigenvalue weighted by Gasteiger charge is 2.39. The minimum atomic E-state index is -0.611. The van der Waals surface area contributed by atoms with Crippen LogP contribution in [0.25, 0.3) is 0 Å². The highest BCUT2D eigenvalue weighted by Crippen LogP contribution is 2.33. The van der Waals surface area contributed by atoms with Crippen LogP contribution in [0.1, 0.15) is 12.0 Å². The Morgan fingerprint density at radius 3 is 2.42 bits per heavy atom. The normalized spacial score (nSPS) is 16.0. The van der Waals surface area contributed by atoms with Gasteiger partial charge in [-0.05, 0) is 60.5 Å². The Balaban J connectivity index is 1.53. The lowest BCUT2D eigenvalue weighted by Crippen LogP contribution is -2.35. The van der Waals surface area contributed by atoms with E-state index in [1.165, 1.54) is 11.8 Å². The van der Waals surface area contributed by atoms with Crippen LogP contribution in [0.3, 0.4) is 0 Å². The Bertz CT molecular complexity index is 1330. The molecule has 1 aliphatic heterocycles. The summed E-state index contributed by atoms with van der Waals surface area (Å²) >= 11 is 7.45. The van der Waals surface area contributed by atoms with Gasteiger partial charge in [-0.3, -0.25) is 14.5 Å². The molecule has 0 bridgehead atoms. The largest absolute Gasteiger partial charge is 0.497 e. The number of benzene rings is 3. The maximum Gasteiger partial charge on any atom is 0.242 e. The van der Waals surface area contributed by atoms with Crippen LogP contribution in [-0.2, 0) is 16.0 Å². The molecule has 1 saturated heterocycles. The van der Waals surface area contributed by atoms with E-state index in [9.17, 15) is 9.59 Å². The fourth-order valence-corrected chi connectivity index (χ4v) is 5.27. The van der Waals surface area contributed by atoms with E-state index in [1.54, 1.807) is 50.5 Å². The highest BCUT2D eigenvalue weighted by atomic mass is 35.5. The van der Waals surface area contributed by atoms with Crippen LogP contribution >= 0.6 is 23.4 Å². The van der Waals surface area contributed by atoms with E-state index >= 15 is 0 Å². The van der Waals surface area contributed by atoms with Crippen molar-refractivity contribution in [2.75, 3.05) is 33.2 Å². The monoisotopic (exact) mass is 553 g/mol. The number of methoxy groups -OCH3 is 3. The van der Waals surface area contributed by atoms with Gasteiger partial charge in [-0.25, -0.2) is 4.99 Å². The van der Waals surface area contributed by atoms with Crippen molar-refractivity contribution >= 4 is 51.7 Å². The van der Waals surface area contributed by atoms with Crippen LogP contribution in [-0.4, -0.2) is 55.0 Å². The SMILES string of the molecule is COc1ccc(N=C2S[C@H](CC(=O)Nc3ccccc3Cl)C(=O)N2CCc2ccc(OC)c(OC)c2)cc1. The van der Waals surface area contributed by atoms with Gasteiger partial charge in [0.2, 0.25) is 11.8 Å². The lowest BCUT2D eigenvalue weighted by molar-refractivity contribution is -0.128. The number of carbonyl (C=O) groups is 2. The van der Waals surface area contributed by atoms with Crippen molar-refractivity contribution in [3.05, 3.63) is 77.3 Å². The summed E-state index contributed by atoms with van der Waals surface area (Å²) in [5.74, 6) is 1.50. The molecule has 0 spiro atoms. The summed E-state index contributed by atoms with van der Waals surface area (Å²) < 4.78 is 16.0. The van der Waals surface area contributed by atoms with Crippen molar-refractivity contribution in [3.8, 4) is 17.2 Å². The number of ether oxygens (including phenoxy) is 3. The van der Waals surface area contributed by atoms with Crippen molar-refractivity contribution < 1.29 is 23.8 Å². The average Bonchev–Trinajstić information content (AvgIpc) is 3.21. The number of anilines is 1. The molecule has 2 amide bonds. The van der Waals surface area contributed by atoms with E-state index in [4.69, 9.17) is 30.8 Å². The first kappa shape index (κ1) is 27.3. The Hall–Kier alpha value is -3.69. The van der Waals surface area contributed by atoms with E-state index in [2.05, 4.69) is 5.32 Å². The van der Waals surface area contributed by atoms with Gasteiger partial charge in [-0.1, -0.05) is 41.6 Å². The van der Waals surface area contributed by atoms with Gasteiger partial charge >= 0.3 is 0 Å². The zero-order valence-electron chi connectivity index (χ0n) is 21.3. The topological polar surface area (TPSA) is 89.5 Å². The van der Waals surface area contributed by atoms with Gasteiger partial charge in [0.05, 0.1) is 37.7 Å². The van der Waals surface area contributed by atoms with E-state index < -0.39 is 5.25 Å². The Kier molecular flexibility index (Phi) is 9.15. The van der Waals surface area contributed by atoms with Crippen LogP contribution in [0.15, 0.2) is 71.7 Å². The minimum absolute atomic E-state index is 0.0107. The van der Waals surface area contributed by atoms with E-state index in [0.717, 1.165) is 5.56 Å². The fraction of sp³-hybridized carbons (Fsp3) is 0.250. The lowest BCUT2D eigenvalue weighted by atomic mass is 10.1. The third-order valence-electron chi connectivity index (χ3n) is 5.91. The van der Waals surface area contributed by atoms with E-state index in [-0.39, 0.29) is 18.2 Å².